The highest BCUT2D eigenvalue weighted by molar-refractivity contribution is 5.95. The highest BCUT2D eigenvalue weighted by Crippen LogP contribution is 2.52. The van der Waals surface area contributed by atoms with Crippen LogP contribution in [0.15, 0.2) is 97.1 Å². The number of hydrogen-bond acceptors (Lipinski definition) is 2. The summed E-state index contributed by atoms with van der Waals surface area (Å²) in [7, 11) is 0. The topological polar surface area (TPSA) is 35.2 Å². The van der Waals surface area contributed by atoms with Gasteiger partial charge in [-0.25, -0.2) is 0 Å². The molecule has 2 N–H and O–H groups in total. The predicted molar refractivity (Wildman–Crippen MR) is 120 cm³/mol. The molecule has 0 amide bonds. The quantitative estimate of drug-likeness (QED) is 0.319. The fourth-order valence-corrected chi connectivity index (χ4v) is 4.61. The molecule has 6 rings (SSSR count). The first-order valence-corrected chi connectivity index (χ1v) is 9.86. The van der Waals surface area contributed by atoms with Crippen molar-refractivity contribution < 1.29 is 4.74 Å². The molecule has 0 saturated heterocycles. The Morgan fingerprint density at radius 3 is 1.62 bits per heavy atom. The summed E-state index contributed by atoms with van der Waals surface area (Å²) < 4.78 is 6.44. The summed E-state index contributed by atoms with van der Waals surface area (Å²) in [6, 6.07) is 33.8. The molecule has 1 heterocycles. The van der Waals surface area contributed by atoms with Gasteiger partial charge in [-0.1, -0.05) is 72.8 Å². The second-order valence-corrected chi connectivity index (χ2v) is 7.60. The van der Waals surface area contributed by atoms with Crippen LogP contribution in [0.4, 0.5) is 5.69 Å². The summed E-state index contributed by atoms with van der Waals surface area (Å²) in [6.07, 6.45) is 0. The van der Waals surface area contributed by atoms with Crippen molar-refractivity contribution in [3.63, 3.8) is 0 Å². The molecule has 0 aromatic heterocycles. The van der Waals surface area contributed by atoms with Gasteiger partial charge >= 0.3 is 0 Å². The second kappa shape index (κ2) is 6.11. The number of ether oxygens (including phenoxy) is 1. The number of hydrogen-bond donors (Lipinski definition) is 1. The molecule has 138 valence electrons. The molecule has 1 aliphatic rings. The van der Waals surface area contributed by atoms with E-state index in [0.29, 0.717) is 0 Å². The van der Waals surface area contributed by atoms with Crippen molar-refractivity contribution in [3.8, 4) is 11.5 Å². The summed E-state index contributed by atoms with van der Waals surface area (Å²) in [5, 5.41) is 4.90. The van der Waals surface area contributed by atoms with Gasteiger partial charge in [-0.05, 0) is 51.4 Å². The van der Waals surface area contributed by atoms with Crippen molar-refractivity contribution >= 4 is 27.2 Å². The predicted octanol–water partition coefficient (Wildman–Crippen LogP) is 6.86. The van der Waals surface area contributed by atoms with Gasteiger partial charge in [0, 0.05) is 22.7 Å². The highest BCUT2D eigenvalue weighted by atomic mass is 16.5. The maximum Gasteiger partial charge on any atom is 0.132 e. The van der Waals surface area contributed by atoms with Gasteiger partial charge in [0.15, 0.2) is 0 Å². The number of rotatable bonds is 1. The zero-order valence-electron chi connectivity index (χ0n) is 15.8. The molecule has 0 bridgehead atoms. The van der Waals surface area contributed by atoms with Crippen LogP contribution in [-0.4, -0.2) is 0 Å². The first kappa shape index (κ1) is 16.2. The van der Waals surface area contributed by atoms with Crippen LogP contribution in [0.2, 0.25) is 0 Å². The van der Waals surface area contributed by atoms with E-state index in [1.54, 1.807) is 0 Å². The van der Waals surface area contributed by atoms with Gasteiger partial charge in [0.1, 0.15) is 11.5 Å². The van der Waals surface area contributed by atoms with E-state index >= 15 is 0 Å². The molecular formula is C27H19NO. The van der Waals surface area contributed by atoms with E-state index in [9.17, 15) is 0 Å². The minimum absolute atomic E-state index is 0.0755. The Morgan fingerprint density at radius 2 is 1.07 bits per heavy atom. The summed E-state index contributed by atoms with van der Waals surface area (Å²) in [6.45, 7) is 0. The lowest BCUT2D eigenvalue weighted by Crippen LogP contribution is -2.13. The minimum atomic E-state index is 0.0755. The van der Waals surface area contributed by atoms with Crippen molar-refractivity contribution in [2.75, 3.05) is 5.73 Å². The van der Waals surface area contributed by atoms with Crippen molar-refractivity contribution in [1.29, 1.82) is 0 Å². The van der Waals surface area contributed by atoms with Gasteiger partial charge in [-0.2, -0.15) is 0 Å². The maximum absolute atomic E-state index is 6.44. The molecule has 0 saturated carbocycles. The largest absolute Gasteiger partial charge is 0.457 e. The molecule has 2 nitrogen and oxygen atoms in total. The lowest BCUT2D eigenvalue weighted by molar-refractivity contribution is 0.456. The fraction of sp³-hybridized carbons (Fsp3) is 0.0370. The Labute approximate surface area is 169 Å². The lowest BCUT2D eigenvalue weighted by Gasteiger charge is -2.31. The number of nitrogens with two attached hydrogens (primary N) is 1. The average molecular weight is 373 g/mol. The molecular weight excluding hydrogens is 354 g/mol. The molecule has 5 aromatic rings. The second-order valence-electron chi connectivity index (χ2n) is 7.60. The Balaban J connectivity index is 1.75. The Hall–Kier alpha value is -3.78. The average Bonchev–Trinajstić information content (AvgIpc) is 2.78. The van der Waals surface area contributed by atoms with Gasteiger partial charge in [0.2, 0.25) is 0 Å². The number of fused-ring (bicyclic) bond motifs is 6. The van der Waals surface area contributed by atoms with Gasteiger partial charge < -0.3 is 10.5 Å². The fourth-order valence-electron chi connectivity index (χ4n) is 4.61. The van der Waals surface area contributed by atoms with Crippen LogP contribution < -0.4 is 10.5 Å². The summed E-state index contributed by atoms with van der Waals surface area (Å²) >= 11 is 0. The molecule has 0 aliphatic carbocycles. The van der Waals surface area contributed by atoms with Gasteiger partial charge in [0.25, 0.3) is 0 Å². The molecule has 0 spiro atoms. The van der Waals surface area contributed by atoms with Crippen LogP contribution in [0.25, 0.3) is 21.5 Å². The van der Waals surface area contributed by atoms with Crippen LogP contribution in [0.5, 0.6) is 11.5 Å². The van der Waals surface area contributed by atoms with Crippen LogP contribution in [0.1, 0.15) is 22.6 Å². The first-order valence-electron chi connectivity index (χ1n) is 9.86. The van der Waals surface area contributed by atoms with Gasteiger partial charge in [-0.15, -0.1) is 0 Å². The molecule has 29 heavy (non-hydrogen) atoms. The molecule has 0 radical (unpaired) electrons. The molecule has 5 aromatic carbocycles. The van der Waals surface area contributed by atoms with Gasteiger partial charge in [0.05, 0.1) is 0 Å². The van der Waals surface area contributed by atoms with E-state index in [1.165, 1.54) is 38.2 Å². The Bertz CT molecular complexity index is 1300. The summed E-state index contributed by atoms with van der Waals surface area (Å²) in [5.74, 6) is 1.92. The van der Waals surface area contributed by atoms with E-state index in [1.807, 2.05) is 12.1 Å². The van der Waals surface area contributed by atoms with Crippen molar-refractivity contribution in [2.24, 2.45) is 0 Å². The maximum atomic E-state index is 6.44. The Morgan fingerprint density at radius 1 is 0.552 bits per heavy atom. The third-order valence-electron chi connectivity index (χ3n) is 5.93. The van der Waals surface area contributed by atoms with Crippen molar-refractivity contribution in [3.05, 3.63) is 114 Å². The van der Waals surface area contributed by atoms with E-state index in [-0.39, 0.29) is 5.92 Å². The molecule has 2 heteroatoms. The van der Waals surface area contributed by atoms with Crippen molar-refractivity contribution in [2.45, 2.75) is 5.92 Å². The summed E-state index contributed by atoms with van der Waals surface area (Å²) in [4.78, 5) is 0. The minimum Gasteiger partial charge on any atom is -0.457 e. The van der Waals surface area contributed by atoms with E-state index in [2.05, 4.69) is 84.9 Å². The van der Waals surface area contributed by atoms with E-state index in [4.69, 9.17) is 10.5 Å². The van der Waals surface area contributed by atoms with E-state index < -0.39 is 0 Å². The highest BCUT2D eigenvalue weighted by Gasteiger charge is 2.31. The third-order valence-corrected chi connectivity index (χ3v) is 5.93. The third kappa shape index (κ3) is 2.43. The summed E-state index contributed by atoms with van der Waals surface area (Å²) in [5.41, 5.74) is 10.4. The van der Waals surface area contributed by atoms with Crippen molar-refractivity contribution in [1.82, 2.24) is 0 Å². The molecule has 0 unspecified atom stereocenters. The van der Waals surface area contributed by atoms with Crippen LogP contribution >= 0.6 is 0 Å². The molecule has 1 aliphatic heterocycles. The SMILES string of the molecule is Nc1ccc(C2c3c(ccc4ccccc34)Oc3ccc4ccccc4c32)cc1. The Kier molecular flexibility index (Phi) is 3.41. The van der Waals surface area contributed by atoms with Crippen LogP contribution in [-0.2, 0) is 0 Å². The first-order chi connectivity index (χ1) is 14.3. The number of benzene rings is 5. The molecule has 0 fully saturated rings. The number of anilines is 1. The van der Waals surface area contributed by atoms with Gasteiger partial charge in [-0.3, -0.25) is 0 Å². The van der Waals surface area contributed by atoms with E-state index in [0.717, 1.165) is 17.2 Å². The smallest absolute Gasteiger partial charge is 0.132 e. The normalized spacial score (nSPS) is 13.1. The van der Waals surface area contributed by atoms with Crippen LogP contribution in [0, 0.1) is 0 Å². The lowest BCUT2D eigenvalue weighted by atomic mass is 9.78. The monoisotopic (exact) mass is 373 g/mol. The zero-order chi connectivity index (χ0) is 19.4. The van der Waals surface area contributed by atoms with Crippen LogP contribution in [0.3, 0.4) is 0 Å². The molecule has 0 atom stereocenters. The standard InChI is InChI=1S/C27H19NO/c28-20-13-9-19(10-14-20)25-26-21-7-3-1-5-17(21)11-15-23(26)29-24-16-12-18-6-2-4-8-22(18)27(24)25/h1-16,25H,28H2. The zero-order valence-corrected chi connectivity index (χ0v) is 15.8. The number of nitrogen functional groups attached to an aromatic ring is 1.